The third kappa shape index (κ3) is 3.31. The fraction of sp³-hybridized carbons (Fsp3) is 0.0769. The highest BCUT2D eigenvalue weighted by molar-refractivity contribution is 7.89. The van der Waals surface area contributed by atoms with Crippen molar-refractivity contribution in [2.45, 2.75) is 11.4 Å². The van der Waals surface area contributed by atoms with Gasteiger partial charge in [-0.15, -0.1) is 0 Å². The summed E-state index contributed by atoms with van der Waals surface area (Å²) in [5.41, 5.74) is 0.538. The van der Waals surface area contributed by atoms with Crippen molar-refractivity contribution >= 4 is 10.0 Å². The van der Waals surface area contributed by atoms with Crippen molar-refractivity contribution in [1.29, 1.82) is 0 Å². The first kappa shape index (κ1) is 14.4. The van der Waals surface area contributed by atoms with Gasteiger partial charge < -0.3 is 5.11 Å². The zero-order valence-corrected chi connectivity index (χ0v) is 11.0. The van der Waals surface area contributed by atoms with E-state index in [1.165, 1.54) is 12.1 Å². The summed E-state index contributed by atoms with van der Waals surface area (Å²) >= 11 is 0. The number of halogens is 2. The minimum atomic E-state index is -3.95. The van der Waals surface area contributed by atoms with Crippen LogP contribution in [-0.2, 0) is 16.6 Å². The summed E-state index contributed by atoms with van der Waals surface area (Å²) in [6.45, 7) is -0.0737. The average molecular weight is 299 g/mol. The molecule has 0 unspecified atom stereocenters. The lowest BCUT2D eigenvalue weighted by Crippen LogP contribution is -2.23. The molecule has 0 radical (unpaired) electrons. The average Bonchev–Trinajstić information content (AvgIpc) is 2.40. The van der Waals surface area contributed by atoms with Crippen LogP contribution in [0.1, 0.15) is 5.56 Å². The molecule has 2 rings (SSSR count). The van der Waals surface area contributed by atoms with Gasteiger partial charge in [0.1, 0.15) is 5.75 Å². The first-order chi connectivity index (χ1) is 9.38. The van der Waals surface area contributed by atoms with Crippen molar-refractivity contribution in [2.24, 2.45) is 0 Å². The van der Waals surface area contributed by atoms with Crippen molar-refractivity contribution in [2.75, 3.05) is 0 Å². The van der Waals surface area contributed by atoms with Gasteiger partial charge in [0.05, 0.1) is 4.90 Å². The predicted octanol–water partition coefficient (Wildman–Crippen LogP) is 2.15. The Hall–Kier alpha value is -1.99. The Morgan fingerprint density at radius 2 is 1.80 bits per heavy atom. The number of sulfonamides is 1. The first-order valence-corrected chi connectivity index (χ1v) is 7.09. The summed E-state index contributed by atoms with van der Waals surface area (Å²) in [6, 6.07) is 8.37. The van der Waals surface area contributed by atoms with E-state index in [-0.39, 0.29) is 17.2 Å². The Morgan fingerprint density at radius 3 is 2.45 bits per heavy atom. The molecule has 106 valence electrons. The molecule has 2 aromatic carbocycles. The largest absolute Gasteiger partial charge is 0.508 e. The molecule has 0 amide bonds. The highest BCUT2D eigenvalue weighted by Crippen LogP contribution is 2.15. The van der Waals surface area contributed by atoms with Gasteiger partial charge in [0.25, 0.3) is 0 Å². The van der Waals surface area contributed by atoms with Gasteiger partial charge in [-0.2, -0.15) is 0 Å². The van der Waals surface area contributed by atoms with E-state index in [0.29, 0.717) is 11.6 Å². The van der Waals surface area contributed by atoms with Gasteiger partial charge in [0, 0.05) is 6.54 Å². The van der Waals surface area contributed by atoms with Crippen LogP contribution in [0.4, 0.5) is 8.78 Å². The number of benzene rings is 2. The molecular weight excluding hydrogens is 288 g/mol. The highest BCUT2D eigenvalue weighted by atomic mass is 32.2. The van der Waals surface area contributed by atoms with Crippen LogP contribution in [0.5, 0.6) is 5.75 Å². The van der Waals surface area contributed by atoms with Crippen LogP contribution in [0, 0.1) is 11.6 Å². The summed E-state index contributed by atoms with van der Waals surface area (Å²) < 4.78 is 51.8. The van der Waals surface area contributed by atoms with Gasteiger partial charge in [0.15, 0.2) is 11.6 Å². The first-order valence-electron chi connectivity index (χ1n) is 5.61. The molecule has 7 heteroatoms. The van der Waals surface area contributed by atoms with Crippen molar-refractivity contribution in [3.63, 3.8) is 0 Å². The normalized spacial score (nSPS) is 11.5. The van der Waals surface area contributed by atoms with E-state index in [0.717, 1.165) is 12.1 Å². The molecular formula is C13H11F2NO3S. The molecule has 0 spiro atoms. The Bertz CT molecular complexity index is 732. The Balaban J connectivity index is 2.17. The van der Waals surface area contributed by atoms with Crippen molar-refractivity contribution < 1.29 is 22.3 Å². The molecule has 4 nitrogen and oxygen atoms in total. The maximum atomic E-state index is 13.0. The maximum absolute atomic E-state index is 13.0. The minimum absolute atomic E-state index is 0.00882. The predicted molar refractivity (Wildman–Crippen MR) is 68.5 cm³/mol. The van der Waals surface area contributed by atoms with Crippen LogP contribution in [-0.4, -0.2) is 13.5 Å². The number of nitrogens with one attached hydrogen (secondary N) is 1. The molecule has 0 aliphatic heterocycles. The molecule has 0 saturated heterocycles. The van der Waals surface area contributed by atoms with Crippen LogP contribution in [0.25, 0.3) is 0 Å². The fourth-order valence-electron chi connectivity index (χ4n) is 1.57. The van der Waals surface area contributed by atoms with Gasteiger partial charge in [-0.05, 0) is 35.9 Å². The standard InChI is InChI=1S/C13H11F2NO3S/c14-12-5-4-11(7-13(12)15)20(18,19)16-8-9-2-1-3-10(17)6-9/h1-7,16-17H,8H2. The van der Waals surface area contributed by atoms with Gasteiger partial charge >= 0.3 is 0 Å². The quantitative estimate of drug-likeness (QED) is 0.909. The fourth-order valence-corrected chi connectivity index (χ4v) is 2.60. The maximum Gasteiger partial charge on any atom is 0.240 e. The molecule has 0 saturated carbocycles. The third-order valence-corrected chi connectivity index (χ3v) is 3.98. The van der Waals surface area contributed by atoms with E-state index in [2.05, 4.69) is 4.72 Å². The summed E-state index contributed by atoms with van der Waals surface area (Å²) in [5.74, 6) is -2.34. The number of phenols is 1. The third-order valence-electron chi connectivity index (χ3n) is 2.58. The zero-order valence-electron chi connectivity index (χ0n) is 10.2. The van der Waals surface area contributed by atoms with E-state index in [9.17, 15) is 22.3 Å². The molecule has 0 fully saturated rings. The van der Waals surface area contributed by atoms with Crippen LogP contribution >= 0.6 is 0 Å². The number of rotatable bonds is 4. The molecule has 2 aromatic rings. The lowest BCUT2D eigenvalue weighted by molar-refractivity contribution is 0.474. The topological polar surface area (TPSA) is 66.4 Å². The van der Waals surface area contributed by atoms with Gasteiger partial charge in [-0.3, -0.25) is 0 Å². The van der Waals surface area contributed by atoms with Gasteiger partial charge in [0.2, 0.25) is 10.0 Å². The van der Waals surface area contributed by atoms with Crippen molar-refractivity contribution in [3.8, 4) is 5.75 Å². The molecule has 0 bridgehead atoms. The molecule has 0 aromatic heterocycles. The van der Waals surface area contributed by atoms with E-state index in [4.69, 9.17) is 0 Å². The second kappa shape index (κ2) is 5.56. The highest BCUT2D eigenvalue weighted by Gasteiger charge is 2.16. The van der Waals surface area contributed by atoms with Crippen LogP contribution < -0.4 is 4.72 Å². The van der Waals surface area contributed by atoms with E-state index >= 15 is 0 Å². The van der Waals surface area contributed by atoms with Crippen molar-refractivity contribution in [1.82, 2.24) is 4.72 Å². The number of aromatic hydroxyl groups is 1. The lowest BCUT2D eigenvalue weighted by atomic mass is 10.2. The second-order valence-corrected chi connectivity index (χ2v) is 5.84. The number of phenolic OH excluding ortho intramolecular Hbond substituents is 1. The monoisotopic (exact) mass is 299 g/mol. The molecule has 0 atom stereocenters. The molecule has 2 N–H and O–H groups in total. The van der Waals surface area contributed by atoms with E-state index in [1.54, 1.807) is 12.1 Å². The molecule has 20 heavy (non-hydrogen) atoms. The summed E-state index contributed by atoms with van der Waals surface area (Å²) in [4.78, 5) is -0.364. The van der Waals surface area contributed by atoms with E-state index in [1.807, 2.05) is 0 Å². The second-order valence-electron chi connectivity index (χ2n) is 4.07. The van der Waals surface area contributed by atoms with E-state index < -0.39 is 21.7 Å². The van der Waals surface area contributed by atoms with Gasteiger partial charge in [-0.25, -0.2) is 21.9 Å². The van der Waals surface area contributed by atoms with Crippen LogP contribution in [0.15, 0.2) is 47.4 Å². The molecule has 0 aliphatic carbocycles. The van der Waals surface area contributed by atoms with Crippen LogP contribution in [0.2, 0.25) is 0 Å². The lowest BCUT2D eigenvalue weighted by Gasteiger charge is -2.07. The number of hydrogen-bond acceptors (Lipinski definition) is 3. The van der Waals surface area contributed by atoms with Crippen molar-refractivity contribution in [3.05, 3.63) is 59.7 Å². The molecule has 0 heterocycles. The Kier molecular flexibility index (Phi) is 4.01. The Morgan fingerprint density at radius 1 is 1.05 bits per heavy atom. The Labute approximate surface area is 114 Å². The summed E-state index contributed by atoms with van der Waals surface area (Å²) in [7, 11) is -3.95. The number of hydrogen-bond donors (Lipinski definition) is 2. The summed E-state index contributed by atoms with van der Waals surface area (Å²) in [5, 5.41) is 9.26. The van der Waals surface area contributed by atoms with Crippen LogP contribution in [0.3, 0.4) is 0 Å². The van der Waals surface area contributed by atoms with Gasteiger partial charge in [-0.1, -0.05) is 12.1 Å². The minimum Gasteiger partial charge on any atom is -0.508 e. The summed E-state index contributed by atoms with van der Waals surface area (Å²) in [6.07, 6.45) is 0. The SMILES string of the molecule is O=S(=O)(NCc1cccc(O)c1)c1ccc(F)c(F)c1. The smallest absolute Gasteiger partial charge is 0.240 e. The zero-order chi connectivity index (χ0) is 14.8. The molecule has 0 aliphatic rings.